The van der Waals surface area contributed by atoms with Gasteiger partial charge < -0.3 is 4.74 Å². The Morgan fingerprint density at radius 2 is 1.70 bits per heavy atom. The molecule has 4 rings (SSSR count). The number of rotatable bonds is 7. The van der Waals surface area contributed by atoms with E-state index in [0.29, 0.717) is 24.3 Å². The number of Topliss-reactive ketones (excluding diaryl/α,β-unsaturated/α-hetero) is 1. The van der Waals surface area contributed by atoms with Gasteiger partial charge in [-0.05, 0) is 48.7 Å². The first-order chi connectivity index (χ1) is 15.8. The lowest BCUT2D eigenvalue weighted by Gasteiger charge is -2.12. The third-order valence-electron chi connectivity index (χ3n) is 5.77. The lowest BCUT2D eigenvalue weighted by Crippen LogP contribution is -2.37. The van der Waals surface area contributed by atoms with E-state index in [-0.39, 0.29) is 23.0 Å². The normalized spacial score (nSPS) is 11.2. The highest BCUT2D eigenvalue weighted by molar-refractivity contribution is 5.96. The average Bonchev–Trinajstić information content (AvgIpc) is 3.16. The molecule has 33 heavy (non-hydrogen) atoms. The SMILES string of the molecule is CCCC(=O)c1ccc(Oc2nc3c(c(=O)n(C)c(=O)n3C)n2Cc2ccccc2C)cc1. The zero-order valence-corrected chi connectivity index (χ0v) is 19.2. The van der Waals surface area contributed by atoms with Crippen LogP contribution in [0.15, 0.2) is 58.1 Å². The first-order valence-electron chi connectivity index (χ1n) is 10.8. The third-order valence-corrected chi connectivity index (χ3v) is 5.77. The van der Waals surface area contributed by atoms with Crippen molar-refractivity contribution in [1.82, 2.24) is 18.7 Å². The summed E-state index contributed by atoms with van der Waals surface area (Å²) >= 11 is 0. The summed E-state index contributed by atoms with van der Waals surface area (Å²) in [4.78, 5) is 42.1. The highest BCUT2D eigenvalue weighted by atomic mass is 16.5. The largest absolute Gasteiger partial charge is 0.425 e. The monoisotopic (exact) mass is 446 g/mol. The molecule has 0 unspecified atom stereocenters. The first kappa shape index (κ1) is 22.3. The van der Waals surface area contributed by atoms with E-state index in [0.717, 1.165) is 22.1 Å². The summed E-state index contributed by atoms with van der Waals surface area (Å²) < 4.78 is 10.2. The fourth-order valence-electron chi connectivity index (χ4n) is 3.79. The number of aryl methyl sites for hydroxylation is 2. The molecule has 0 N–H and O–H groups in total. The standard InChI is InChI=1S/C25H26N4O4/c1-5-8-20(30)17-11-13-19(14-12-17)33-24-26-22-21(23(31)28(4)25(32)27(22)3)29(24)15-18-10-7-6-9-16(18)2/h6-7,9-14H,5,8,15H2,1-4H3. The summed E-state index contributed by atoms with van der Waals surface area (Å²) in [6.45, 7) is 4.31. The van der Waals surface area contributed by atoms with Gasteiger partial charge in [-0.15, -0.1) is 0 Å². The Morgan fingerprint density at radius 1 is 1.00 bits per heavy atom. The van der Waals surface area contributed by atoms with Gasteiger partial charge in [-0.2, -0.15) is 4.98 Å². The van der Waals surface area contributed by atoms with Crippen LogP contribution in [-0.4, -0.2) is 24.5 Å². The van der Waals surface area contributed by atoms with Crippen molar-refractivity contribution in [2.45, 2.75) is 33.2 Å². The highest BCUT2D eigenvalue weighted by Gasteiger charge is 2.21. The fourth-order valence-corrected chi connectivity index (χ4v) is 3.79. The molecule has 2 aromatic carbocycles. The molecule has 8 heteroatoms. The molecule has 0 bridgehead atoms. The second-order valence-electron chi connectivity index (χ2n) is 8.08. The van der Waals surface area contributed by atoms with Gasteiger partial charge in [-0.25, -0.2) is 4.79 Å². The van der Waals surface area contributed by atoms with Crippen LogP contribution in [0.1, 0.15) is 41.3 Å². The minimum Gasteiger partial charge on any atom is -0.425 e. The molecule has 0 aliphatic heterocycles. The fraction of sp³-hybridized carbons (Fsp3) is 0.280. The molecule has 0 aliphatic rings. The summed E-state index contributed by atoms with van der Waals surface area (Å²) in [7, 11) is 3.02. The molecule has 0 saturated carbocycles. The van der Waals surface area contributed by atoms with Gasteiger partial charge in [-0.1, -0.05) is 31.2 Å². The Labute approximate surface area is 190 Å². The number of hydrogen-bond acceptors (Lipinski definition) is 5. The number of hydrogen-bond donors (Lipinski definition) is 0. The Hall–Kier alpha value is -3.94. The smallest absolute Gasteiger partial charge is 0.332 e. The zero-order valence-electron chi connectivity index (χ0n) is 19.2. The molecule has 8 nitrogen and oxygen atoms in total. The van der Waals surface area contributed by atoms with Crippen LogP contribution in [0.3, 0.4) is 0 Å². The van der Waals surface area contributed by atoms with E-state index in [1.54, 1.807) is 35.9 Å². The van der Waals surface area contributed by atoms with Gasteiger partial charge in [0.25, 0.3) is 5.56 Å². The van der Waals surface area contributed by atoms with Gasteiger partial charge in [0.1, 0.15) is 5.75 Å². The summed E-state index contributed by atoms with van der Waals surface area (Å²) in [5, 5.41) is 0. The van der Waals surface area contributed by atoms with E-state index in [1.807, 2.05) is 38.1 Å². The number of imidazole rings is 1. The minimum atomic E-state index is -0.460. The molecule has 170 valence electrons. The predicted molar refractivity (Wildman–Crippen MR) is 126 cm³/mol. The summed E-state index contributed by atoms with van der Waals surface area (Å²) in [6, 6.07) is 14.9. The molecular weight excluding hydrogens is 420 g/mol. The molecule has 0 atom stereocenters. The van der Waals surface area contributed by atoms with Crippen molar-refractivity contribution in [2.24, 2.45) is 14.1 Å². The van der Waals surface area contributed by atoms with Gasteiger partial charge in [0.15, 0.2) is 16.9 Å². The molecule has 4 aromatic rings. The number of carbonyl (C=O) groups excluding carboxylic acids is 1. The molecule has 0 radical (unpaired) electrons. The van der Waals surface area contributed by atoms with Crippen LogP contribution in [0.2, 0.25) is 0 Å². The van der Waals surface area contributed by atoms with Crippen LogP contribution >= 0.6 is 0 Å². The maximum atomic E-state index is 13.0. The van der Waals surface area contributed by atoms with Gasteiger partial charge in [0, 0.05) is 26.1 Å². The summed E-state index contributed by atoms with van der Waals surface area (Å²) in [5.74, 6) is 0.556. The molecule has 2 heterocycles. The van der Waals surface area contributed by atoms with Gasteiger partial charge in [-0.3, -0.25) is 23.3 Å². The molecule has 2 aromatic heterocycles. The zero-order chi connectivity index (χ0) is 23.7. The number of nitrogens with zero attached hydrogens (tertiary/aromatic N) is 4. The lowest BCUT2D eigenvalue weighted by atomic mass is 10.1. The molecule has 0 saturated heterocycles. The van der Waals surface area contributed by atoms with Crippen molar-refractivity contribution in [1.29, 1.82) is 0 Å². The molecule has 0 aliphatic carbocycles. The number of fused-ring (bicyclic) bond motifs is 1. The maximum Gasteiger partial charge on any atom is 0.332 e. The number of ketones is 1. The van der Waals surface area contributed by atoms with Crippen molar-refractivity contribution in [2.75, 3.05) is 0 Å². The van der Waals surface area contributed by atoms with Crippen molar-refractivity contribution in [3.8, 4) is 11.8 Å². The van der Waals surface area contributed by atoms with E-state index in [2.05, 4.69) is 4.98 Å². The van der Waals surface area contributed by atoms with Gasteiger partial charge in [0.05, 0.1) is 6.54 Å². The number of aromatic nitrogens is 4. The summed E-state index contributed by atoms with van der Waals surface area (Å²) in [5.41, 5.74) is 2.31. The predicted octanol–water partition coefficient (Wildman–Crippen LogP) is 3.57. The van der Waals surface area contributed by atoms with Crippen LogP contribution < -0.4 is 16.0 Å². The molecular formula is C25H26N4O4. The average molecular weight is 447 g/mol. The number of carbonyl (C=O) groups is 1. The van der Waals surface area contributed by atoms with Crippen LogP contribution in [0.4, 0.5) is 0 Å². The van der Waals surface area contributed by atoms with E-state index >= 15 is 0 Å². The Balaban J connectivity index is 1.83. The highest BCUT2D eigenvalue weighted by Crippen LogP contribution is 2.26. The van der Waals surface area contributed by atoms with Crippen LogP contribution in [0.25, 0.3) is 11.2 Å². The van der Waals surface area contributed by atoms with E-state index in [9.17, 15) is 14.4 Å². The first-order valence-corrected chi connectivity index (χ1v) is 10.8. The topological polar surface area (TPSA) is 88.1 Å². The van der Waals surface area contributed by atoms with Crippen LogP contribution in [0.5, 0.6) is 11.8 Å². The molecule has 0 amide bonds. The van der Waals surface area contributed by atoms with Crippen molar-refractivity contribution < 1.29 is 9.53 Å². The lowest BCUT2D eigenvalue weighted by molar-refractivity contribution is 0.0981. The van der Waals surface area contributed by atoms with E-state index in [4.69, 9.17) is 4.74 Å². The van der Waals surface area contributed by atoms with Crippen LogP contribution in [-0.2, 0) is 20.6 Å². The third kappa shape index (κ3) is 4.11. The van der Waals surface area contributed by atoms with Crippen molar-refractivity contribution in [3.63, 3.8) is 0 Å². The minimum absolute atomic E-state index is 0.0781. The quantitative estimate of drug-likeness (QED) is 0.405. The second kappa shape index (κ2) is 8.90. The maximum absolute atomic E-state index is 13.0. The molecule has 0 fully saturated rings. The number of ether oxygens (including phenoxy) is 1. The van der Waals surface area contributed by atoms with E-state index in [1.165, 1.54) is 11.6 Å². The summed E-state index contributed by atoms with van der Waals surface area (Å²) in [6.07, 6.45) is 1.28. The Bertz CT molecular complexity index is 1460. The Morgan fingerprint density at radius 3 is 2.36 bits per heavy atom. The van der Waals surface area contributed by atoms with E-state index < -0.39 is 11.2 Å². The van der Waals surface area contributed by atoms with Crippen molar-refractivity contribution >= 4 is 16.9 Å². The van der Waals surface area contributed by atoms with Crippen LogP contribution in [0, 0.1) is 6.92 Å². The van der Waals surface area contributed by atoms with Gasteiger partial charge >= 0.3 is 11.7 Å². The molecule has 0 spiro atoms. The number of benzene rings is 2. The second-order valence-corrected chi connectivity index (χ2v) is 8.08. The Kier molecular flexibility index (Phi) is 6.00. The van der Waals surface area contributed by atoms with Gasteiger partial charge in [0.2, 0.25) is 0 Å². The van der Waals surface area contributed by atoms with Crippen molar-refractivity contribution in [3.05, 3.63) is 86.1 Å².